The minimum atomic E-state index is 0.103. The number of carbonyl (C=O) groups is 2. The van der Waals surface area contributed by atoms with Crippen molar-refractivity contribution in [3.63, 3.8) is 0 Å². The quantitative estimate of drug-likeness (QED) is 0.696. The normalized spacial score (nSPS) is 15.2. The van der Waals surface area contributed by atoms with Crippen LogP contribution >= 0.6 is 11.3 Å². The topological polar surface area (TPSA) is 43.9 Å². The van der Waals surface area contributed by atoms with E-state index in [1.165, 1.54) is 11.1 Å². The summed E-state index contributed by atoms with van der Waals surface area (Å²) in [5.41, 5.74) is 3.17. The third kappa shape index (κ3) is 6.15. The van der Waals surface area contributed by atoms with Crippen LogP contribution in [-0.2, 0) is 11.3 Å². The van der Waals surface area contributed by atoms with Gasteiger partial charge in [0, 0.05) is 44.6 Å². The fraction of sp³-hybridized carbons (Fsp3) is 0.478. The van der Waals surface area contributed by atoms with Gasteiger partial charge in [-0.2, -0.15) is 11.3 Å². The number of rotatable bonds is 7. The summed E-state index contributed by atoms with van der Waals surface area (Å²) in [5, 5.41) is 3.84. The molecule has 1 aromatic heterocycles. The van der Waals surface area contributed by atoms with Crippen LogP contribution in [0.2, 0.25) is 0 Å². The Morgan fingerprint density at radius 3 is 2.55 bits per heavy atom. The summed E-state index contributed by atoms with van der Waals surface area (Å²) in [6.45, 7) is 9.05. The van der Waals surface area contributed by atoms with Crippen molar-refractivity contribution in [3.8, 4) is 0 Å². The molecule has 1 aliphatic heterocycles. The minimum Gasteiger partial charge on any atom is -0.337 e. The van der Waals surface area contributed by atoms with Crippen LogP contribution in [0.15, 0.2) is 41.1 Å². The summed E-state index contributed by atoms with van der Waals surface area (Å²) >= 11 is 1.55. The Morgan fingerprint density at radius 2 is 1.86 bits per heavy atom. The molecule has 0 radical (unpaired) electrons. The van der Waals surface area contributed by atoms with Gasteiger partial charge in [0.15, 0.2) is 0 Å². The molecule has 6 heteroatoms. The molecule has 1 fully saturated rings. The Bertz CT molecular complexity index is 789. The van der Waals surface area contributed by atoms with E-state index in [0.29, 0.717) is 19.6 Å². The zero-order chi connectivity index (χ0) is 20.6. The van der Waals surface area contributed by atoms with E-state index in [2.05, 4.69) is 43.0 Å². The van der Waals surface area contributed by atoms with Crippen LogP contribution in [-0.4, -0.2) is 65.8 Å². The average molecular weight is 414 g/mol. The van der Waals surface area contributed by atoms with Crippen molar-refractivity contribution in [2.75, 3.05) is 39.3 Å². The summed E-state index contributed by atoms with van der Waals surface area (Å²) in [6, 6.07) is 10.3. The second-order valence-electron chi connectivity index (χ2n) is 7.73. The van der Waals surface area contributed by atoms with Crippen molar-refractivity contribution in [2.24, 2.45) is 0 Å². The van der Waals surface area contributed by atoms with E-state index in [4.69, 9.17) is 0 Å². The van der Waals surface area contributed by atoms with Gasteiger partial charge < -0.3 is 9.80 Å². The Hall–Kier alpha value is -2.18. The fourth-order valence-electron chi connectivity index (χ4n) is 3.67. The van der Waals surface area contributed by atoms with Crippen LogP contribution in [0.4, 0.5) is 0 Å². The highest BCUT2D eigenvalue weighted by Crippen LogP contribution is 2.13. The maximum atomic E-state index is 13.0. The number of benzene rings is 1. The van der Waals surface area contributed by atoms with Gasteiger partial charge in [0.05, 0.1) is 12.1 Å². The molecule has 0 unspecified atom stereocenters. The molecule has 5 nitrogen and oxygen atoms in total. The van der Waals surface area contributed by atoms with Crippen LogP contribution in [0.5, 0.6) is 0 Å². The second-order valence-corrected chi connectivity index (χ2v) is 8.51. The van der Waals surface area contributed by atoms with E-state index in [-0.39, 0.29) is 11.8 Å². The smallest absolute Gasteiger partial charge is 0.254 e. The highest BCUT2D eigenvalue weighted by atomic mass is 32.1. The van der Waals surface area contributed by atoms with Gasteiger partial charge in [-0.25, -0.2) is 0 Å². The van der Waals surface area contributed by atoms with Crippen molar-refractivity contribution in [1.82, 2.24) is 14.7 Å². The minimum absolute atomic E-state index is 0.103. The van der Waals surface area contributed by atoms with Crippen LogP contribution in [0, 0.1) is 6.92 Å². The molecule has 1 saturated heterocycles. The largest absolute Gasteiger partial charge is 0.337 e. The van der Waals surface area contributed by atoms with Crippen molar-refractivity contribution < 1.29 is 9.59 Å². The van der Waals surface area contributed by atoms with Crippen LogP contribution in [0.3, 0.4) is 0 Å². The third-order valence-electron chi connectivity index (χ3n) is 5.34. The van der Waals surface area contributed by atoms with Crippen molar-refractivity contribution in [3.05, 3.63) is 57.8 Å². The molecule has 3 rings (SSSR count). The SMILES string of the molecule is CCCN(Cc1ccc(C)cc1)C(=O)CN1CCCN(C(=O)c2ccsc2)CC1. The number of amides is 2. The monoisotopic (exact) mass is 413 g/mol. The molecule has 0 bridgehead atoms. The molecule has 0 aliphatic carbocycles. The Kier molecular flexibility index (Phi) is 7.83. The molecule has 0 spiro atoms. The number of aryl methyl sites for hydroxylation is 1. The molecule has 2 amide bonds. The summed E-state index contributed by atoms with van der Waals surface area (Å²) < 4.78 is 0. The van der Waals surface area contributed by atoms with Gasteiger partial charge in [-0.1, -0.05) is 36.8 Å². The highest BCUT2D eigenvalue weighted by molar-refractivity contribution is 7.08. The lowest BCUT2D eigenvalue weighted by atomic mass is 10.1. The number of thiophene rings is 1. The lowest BCUT2D eigenvalue weighted by Crippen LogP contribution is -2.42. The van der Waals surface area contributed by atoms with E-state index in [9.17, 15) is 9.59 Å². The van der Waals surface area contributed by atoms with Crippen molar-refractivity contribution in [2.45, 2.75) is 33.2 Å². The van der Waals surface area contributed by atoms with Gasteiger partial charge in [-0.05, 0) is 36.8 Å². The maximum Gasteiger partial charge on any atom is 0.254 e. The summed E-state index contributed by atoms with van der Waals surface area (Å²) in [7, 11) is 0. The maximum absolute atomic E-state index is 13.0. The molecule has 29 heavy (non-hydrogen) atoms. The van der Waals surface area contributed by atoms with Crippen molar-refractivity contribution >= 4 is 23.2 Å². The molecule has 2 aromatic rings. The zero-order valence-electron chi connectivity index (χ0n) is 17.5. The molecule has 156 valence electrons. The molecule has 2 heterocycles. The first kappa shape index (κ1) is 21.5. The van der Waals surface area contributed by atoms with Gasteiger partial charge in [-0.15, -0.1) is 0 Å². The molecule has 1 aliphatic rings. The van der Waals surface area contributed by atoms with Crippen LogP contribution in [0.25, 0.3) is 0 Å². The van der Waals surface area contributed by atoms with E-state index in [0.717, 1.165) is 44.6 Å². The number of hydrogen-bond donors (Lipinski definition) is 0. The fourth-order valence-corrected chi connectivity index (χ4v) is 4.30. The molecule has 0 N–H and O–H groups in total. The number of nitrogens with zero attached hydrogens (tertiary/aromatic N) is 3. The zero-order valence-corrected chi connectivity index (χ0v) is 18.3. The summed E-state index contributed by atoms with van der Waals surface area (Å²) in [4.78, 5) is 31.7. The Morgan fingerprint density at radius 1 is 1.07 bits per heavy atom. The first-order valence-corrected chi connectivity index (χ1v) is 11.4. The van der Waals surface area contributed by atoms with Crippen LogP contribution in [0.1, 0.15) is 41.3 Å². The third-order valence-corrected chi connectivity index (χ3v) is 6.03. The van der Waals surface area contributed by atoms with E-state index >= 15 is 0 Å². The Balaban J connectivity index is 1.55. The van der Waals surface area contributed by atoms with Crippen LogP contribution < -0.4 is 0 Å². The van der Waals surface area contributed by atoms with E-state index < -0.39 is 0 Å². The Labute approximate surface area is 177 Å². The lowest BCUT2D eigenvalue weighted by molar-refractivity contribution is -0.133. The summed E-state index contributed by atoms with van der Waals surface area (Å²) in [6.07, 6.45) is 1.84. The molecule has 0 atom stereocenters. The van der Waals surface area contributed by atoms with Gasteiger partial charge in [0.2, 0.25) is 5.91 Å². The molecule has 1 aromatic carbocycles. The first-order valence-electron chi connectivity index (χ1n) is 10.4. The predicted octanol–water partition coefficient (Wildman–Crippen LogP) is 3.64. The van der Waals surface area contributed by atoms with Gasteiger partial charge >= 0.3 is 0 Å². The molecular formula is C23H31N3O2S. The lowest BCUT2D eigenvalue weighted by Gasteiger charge is -2.27. The van der Waals surface area contributed by atoms with E-state index in [1.807, 2.05) is 26.6 Å². The average Bonchev–Trinajstić information content (AvgIpc) is 3.16. The van der Waals surface area contributed by atoms with Gasteiger partial charge in [0.1, 0.15) is 0 Å². The number of hydrogen-bond acceptors (Lipinski definition) is 4. The van der Waals surface area contributed by atoms with Gasteiger partial charge in [-0.3, -0.25) is 14.5 Å². The first-order chi connectivity index (χ1) is 14.1. The molecule has 0 saturated carbocycles. The summed E-state index contributed by atoms with van der Waals surface area (Å²) in [5.74, 6) is 0.274. The standard InChI is InChI=1S/C23H31N3O2S/c1-3-10-26(16-20-7-5-19(2)6-8-20)22(27)17-24-11-4-12-25(14-13-24)23(28)21-9-15-29-18-21/h5-9,15,18H,3-4,10-14,16-17H2,1-2H3. The number of carbonyl (C=O) groups excluding carboxylic acids is 2. The van der Waals surface area contributed by atoms with E-state index in [1.54, 1.807) is 11.3 Å². The van der Waals surface area contributed by atoms with Gasteiger partial charge in [0.25, 0.3) is 5.91 Å². The highest BCUT2D eigenvalue weighted by Gasteiger charge is 2.23. The second kappa shape index (κ2) is 10.6. The predicted molar refractivity (Wildman–Crippen MR) is 118 cm³/mol. The molecular weight excluding hydrogens is 382 g/mol. The van der Waals surface area contributed by atoms with Crippen molar-refractivity contribution in [1.29, 1.82) is 0 Å².